The minimum absolute atomic E-state index is 0.536. The van der Waals surface area contributed by atoms with E-state index in [1.807, 2.05) is 0 Å². The van der Waals surface area contributed by atoms with Gasteiger partial charge in [0.05, 0.1) is 0 Å². The molecule has 0 aliphatic carbocycles. The molecule has 3 nitrogen and oxygen atoms in total. The van der Waals surface area contributed by atoms with Crippen LogP contribution in [0.1, 0.15) is 0 Å². The molecular weight excluding hydrogens is 263 g/mol. The summed E-state index contributed by atoms with van der Waals surface area (Å²) in [7, 11) is 2.44. The van der Waals surface area contributed by atoms with E-state index in [1.54, 1.807) is 0 Å². The van der Waals surface area contributed by atoms with E-state index >= 15 is 0 Å². The molecule has 0 amide bonds. The van der Waals surface area contributed by atoms with E-state index < -0.39 is 47.7 Å². The van der Waals surface area contributed by atoms with E-state index in [0.717, 1.165) is 0 Å². The van der Waals surface area contributed by atoms with Gasteiger partial charge in [-0.25, -0.2) is 13.2 Å². The molecule has 0 N–H and O–H groups in total. The van der Waals surface area contributed by atoms with Crippen LogP contribution in [0.3, 0.4) is 0 Å². The number of halogens is 5. The highest BCUT2D eigenvalue weighted by molar-refractivity contribution is 5.29. The minimum atomic E-state index is -2.24. The molecule has 0 saturated heterocycles. The lowest BCUT2D eigenvalue weighted by Crippen LogP contribution is -2.23. The zero-order chi connectivity index (χ0) is 13.9. The lowest BCUT2D eigenvalue weighted by molar-refractivity contribution is -0.122. The maximum absolute atomic E-state index is 13.1. The fourth-order valence-electron chi connectivity index (χ4n) is 1.10. The summed E-state index contributed by atoms with van der Waals surface area (Å²) in [6, 6.07) is 0. The van der Waals surface area contributed by atoms with Crippen molar-refractivity contribution in [1.82, 2.24) is 0 Å². The summed E-state index contributed by atoms with van der Waals surface area (Å²) in [5.74, 6) is -11.8. The highest BCUT2D eigenvalue weighted by atomic mass is 19.2. The van der Waals surface area contributed by atoms with E-state index in [4.69, 9.17) is 0 Å². The normalized spacial score (nSPS) is 11.1. The molecule has 102 valence electrons. The number of methoxy groups -OCH3 is 2. The number of ether oxygens (including phenoxy) is 3. The van der Waals surface area contributed by atoms with Crippen LogP contribution in [0, 0.1) is 29.1 Å². The van der Waals surface area contributed by atoms with Gasteiger partial charge in [-0.05, 0) is 0 Å². The molecule has 0 spiro atoms. The van der Waals surface area contributed by atoms with E-state index in [2.05, 4.69) is 14.2 Å². The van der Waals surface area contributed by atoms with Crippen LogP contribution in [0.4, 0.5) is 22.0 Å². The number of rotatable bonds is 5. The third-order valence-corrected chi connectivity index (χ3v) is 2.06. The second-order valence-corrected chi connectivity index (χ2v) is 3.11. The Labute approximate surface area is 99.1 Å². The van der Waals surface area contributed by atoms with E-state index in [-0.39, 0.29) is 0 Å². The molecule has 0 fully saturated rings. The first-order chi connectivity index (χ1) is 8.43. The van der Waals surface area contributed by atoms with Crippen molar-refractivity contribution in [2.45, 2.75) is 6.29 Å². The van der Waals surface area contributed by atoms with Crippen molar-refractivity contribution in [1.29, 1.82) is 0 Å². The maximum Gasteiger partial charge on any atom is 0.206 e. The summed E-state index contributed by atoms with van der Waals surface area (Å²) in [6.45, 7) is -0.536. The maximum atomic E-state index is 13.1. The van der Waals surface area contributed by atoms with Crippen molar-refractivity contribution >= 4 is 0 Å². The highest BCUT2D eigenvalue weighted by Gasteiger charge is 2.27. The van der Waals surface area contributed by atoms with Gasteiger partial charge in [-0.1, -0.05) is 0 Å². The Morgan fingerprint density at radius 2 is 1.17 bits per heavy atom. The molecule has 0 heterocycles. The number of hydrogen-bond donors (Lipinski definition) is 0. The standard InChI is InChI=1S/C10H9F5O3/c1-16-4(17-2)3-18-10-8(14)6(12)5(11)7(13)9(10)15/h4H,3H2,1-2H3. The summed E-state index contributed by atoms with van der Waals surface area (Å²) >= 11 is 0. The van der Waals surface area contributed by atoms with Gasteiger partial charge in [0.25, 0.3) is 0 Å². The molecule has 0 radical (unpaired) electrons. The number of benzene rings is 1. The predicted molar refractivity (Wildman–Crippen MR) is 49.5 cm³/mol. The molecule has 8 heteroatoms. The lowest BCUT2D eigenvalue weighted by Gasteiger charge is -2.15. The third-order valence-electron chi connectivity index (χ3n) is 2.06. The van der Waals surface area contributed by atoms with Gasteiger partial charge >= 0.3 is 0 Å². The van der Waals surface area contributed by atoms with Crippen LogP contribution in [0.5, 0.6) is 5.75 Å². The highest BCUT2D eigenvalue weighted by Crippen LogP contribution is 2.29. The van der Waals surface area contributed by atoms with Crippen LogP contribution in [-0.2, 0) is 9.47 Å². The Bertz CT molecular complexity index is 405. The van der Waals surface area contributed by atoms with Gasteiger partial charge in [0.2, 0.25) is 29.1 Å². The van der Waals surface area contributed by atoms with Gasteiger partial charge in [0, 0.05) is 14.2 Å². The van der Waals surface area contributed by atoms with Gasteiger partial charge < -0.3 is 14.2 Å². The lowest BCUT2D eigenvalue weighted by atomic mass is 10.2. The molecule has 0 atom stereocenters. The second-order valence-electron chi connectivity index (χ2n) is 3.11. The molecule has 1 aromatic carbocycles. The van der Waals surface area contributed by atoms with Crippen molar-refractivity contribution in [3.63, 3.8) is 0 Å². The molecular formula is C10H9F5O3. The van der Waals surface area contributed by atoms with Crippen LogP contribution < -0.4 is 4.74 Å². The van der Waals surface area contributed by atoms with Crippen molar-refractivity contribution < 1.29 is 36.2 Å². The molecule has 1 aromatic rings. The molecule has 0 saturated carbocycles. The monoisotopic (exact) mass is 272 g/mol. The quantitative estimate of drug-likeness (QED) is 0.356. The molecule has 0 aliphatic heterocycles. The first-order valence-electron chi connectivity index (χ1n) is 4.63. The Kier molecular flexibility index (Phi) is 4.85. The van der Waals surface area contributed by atoms with Crippen molar-refractivity contribution in [3.8, 4) is 5.75 Å². The van der Waals surface area contributed by atoms with Crippen molar-refractivity contribution in [2.24, 2.45) is 0 Å². The van der Waals surface area contributed by atoms with E-state index in [9.17, 15) is 22.0 Å². The first kappa shape index (κ1) is 14.7. The fraction of sp³-hybridized carbons (Fsp3) is 0.400. The largest absolute Gasteiger partial charge is 0.482 e. The summed E-state index contributed by atoms with van der Waals surface area (Å²) in [4.78, 5) is 0. The summed E-state index contributed by atoms with van der Waals surface area (Å²) in [5.41, 5.74) is 0. The van der Waals surface area contributed by atoms with Crippen LogP contribution in [0.15, 0.2) is 0 Å². The average Bonchev–Trinajstić information content (AvgIpc) is 2.38. The summed E-state index contributed by atoms with van der Waals surface area (Å²) in [5, 5.41) is 0. The zero-order valence-electron chi connectivity index (χ0n) is 9.40. The third kappa shape index (κ3) is 2.70. The number of hydrogen-bond acceptors (Lipinski definition) is 3. The minimum Gasteiger partial charge on any atom is -0.482 e. The summed E-state index contributed by atoms with van der Waals surface area (Å²) < 4.78 is 78.3. The fourth-order valence-corrected chi connectivity index (χ4v) is 1.10. The van der Waals surface area contributed by atoms with E-state index in [0.29, 0.717) is 0 Å². The Balaban J connectivity index is 3.03. The Hall–Kier alpha value is -1.41. The molecule has 1 rings (SSSR count). The van der Waals surface area contributed by atoms with Gasteiger partial charge in [0.1, 0.15) is 6.61 Å². The van der Waals surface area contributed by atoms with Crippen LogP contribution >= 0.6 is 0 Å². The van der Waals surface area contributed by atoms with Gasteiger partial charge in [-0.3, -0.25) is 0 Å². The molecule has 0 unspecified atom stereocenters. The van der Waals surface area contributed by atoms with Crippen molar-refractivity contribution in [2.75, 3.05) is 20.8 Å². The van der Waals surface area contributed by atoms with Gasteiger partial charge in [-0.15, -0.1) is 0 Å². The Morgan fingerprint density at radius 3 is 1.56 bits per heavy atom. The van der Waals surface area contributed by atoms with E-state index in [1.165, 1.54) is 14.2 Å². The smallest absolute Gasteiger partial charge is 0.206 e. The topological polar surface area (TPSA) is 27.7 Å². The Morgan fingerprint density at radius 1 is 0.778 bits per heavy atom. The molecule has 18 heavy (non-hydrogen) atoms. The van der Waals surface area contributed by atoms with Crippen molar-refractivity contribution in [3.05, 3.63) is 29.1 Å². The van der Waals surface area contributed by atoms with Gasteiger partial charge in [0.15, 0.2) is 12.0 Å². The predicted octanol–water partition coefficient (Wildman–Crippen LogP) is 2.38. The molecule has 0 aliphatic rings. The summed E-state index contributed by atoms with van der Waals surface area (Å²) in [6.07, 6.45) is -1.00. The van der Waals surface area contributed by atoms with Gasteiger partial charge in [-0.2, -0.15) is 8.78 Å². The average molecular weight is 272 g/mol. The molecule has 0 aromatic heterocycles. The van der Waals surface area contributed by atoms with Crippen LogP contribution in [-0.4, -0.2) is 27.1 Å². The van der Waals surface area contributed by atoms with Crippen LogP contribution in [0.25, 0.3) is 0 Å². The first-order valence-corrected chi connectivity index (χ1v) is 4.63. The zero-order valence-corrected chi connectivity index (χ0v) is 9.40. The van der Waals surface area contributed by atoms with Crippen LogP contribution in [0.2, 0.25) is 0 Å². The second kappa shape index (κ2) is 5.96. The molecule has 0 bridgehead atoms. The SMILES string of the molecule is COC(COc1c(F)c(F)c(F)c(F)c1F)OC.